The maximum Gasteiger partial charge on any atom is 0.255 e. The predicted octanol–water partition coefficient (Wildman–Crippen LogP) is 3.45. The minimum absolute atomic E-state index is 0.00304. The van der Waals surface area contributed by atoms with Crippen molar-refractivity contribution in [3.63, 3.8) is 0 Å². The lowest BCUT2D eigenvalue weighted by Gasteiger charge is -2.21. The van der Waals surface area contributed by atoms with Crippen molar-refractivity contribution in [3.8, 4) is 17.2 Å². The average molecular weight is 982 g/mol. The van der Waals surface area contributed by atoms with Crippen molar-refractivity contribution >= 4 is 64.1 Å². The summed E-state index contributed by atoms with van der Waals surface area (Å²) in [6, 6.07) is 16.9. The van der Waals surface area contributed by atoms with Gasteiger partial charge in [-0.05, 0) is 150 Å². The highest BCUT2D eigenvalue weighted by Crippen LogP contribution is 2.27. The molecule has 0 aliphatic heterocycles. The van der Waals surface area contributed by atoms with Crippen LogP contribution in [-0.4, -0.2) is 107 Å². The number of anilines is 4. The van der Waals surface area contributed by atoms with E-state index in [1.54, 1.807) is 37.4 Å². The molecule has 0 fully saturated rings. The van der Waals surface area contributed by atoms with Crippen molar-refractivity contribution in [3.05, 3.63) is 101 Å². The van der Waals surface area contributed by atoms with E-state index in [1.165, 1.54) is 69.9 Å². The Morgan fingerprint density at radius 3 is 1.18 bits per heavy atom. The van der Waals surface area contributed by atoms with Gasteiger partial charge in [0, 0.05) is 35.4 Å². The first-order chi connectivity index (χ1) is 34.2. The topological polar surface area (TPSA) is 335 Å². The van der Waals surface area contributed by atoms with Crippen LogP contribution in [0.2, 0.25) is 0 Å². The van der Waals surface area contributed by atoms with Gasteiger partial charge in [0.25, 0.3) is 23.6 Å². The van der Waals surface area contributed by atoms with Crippen LogP contribution in [0, 0.1) is 0 Å². The van der Waals surface area contributed by atoms with Crippen molar-refractivity contribution in [2.45, 2.75) is 75.9 Å². The number of unbranched alkanes of at least 4 members (excludes halogenated alkanes) is 3. The van der Waals surface area contributed by atoms with Gasteiger partial charge in [-0.2, -0.15) is 0 Å². The molecule has 15 N–H and O–H groups in total. The molecule has 0 saturated carbocycles. The third-order valence-electron chi connectivity index (χ3n) is 11.3. The van der Waals surface area contributed by atoms with Gasteiger partial charge in [-0.3, -0.25) is 33.6 Å². The lowest BCUT2D eigenvalue weighted by Crippen LogP contribution is -2.44. The highest BCUT2D eigenvalue weighted by molar-refractivity contribution is 6.07. The summed E-state index contributed by atoms with van der Waals surface area (Å²) in [5, 5.41) is 19.7. The van der Waals surface area contributed by atoms with Gasteiger partial charge < -0.3 is 74.4 Å². The van der Waals surface area contributed by atoms with Crippen molar-refractivity contribution in [1.29, 1.82) is 0 Å². The lowest BCUT2D eigenvalue weighted by atomic mass is 10.1. The Hall–Kier alpha value is -7.75. The molecular weight excluding hydrogens is 915 g/mol. The van der Waals surface area contributed by atoms with Gasteiger partial charge in [-0.1, -0.05) is 6.07 Å². The van der Waals surface area contributed by atoms with Crippen LogP contribution in [0.25, 0.3) is 0 Å². The second-order valence-electron chi connectivity index (χ2n) is 16.3. The Kier molecular flexibility index (Phi) is 22.6. The summed E-state index contributed by atoms with van der Waals surface area (Å²) in [5.41, 5.74) is 24.5. The molecular formula is C50H67N11O10. The summed E-state index contributed by atoms with van der Waals surface area (Å²) < 4.78 is 16.2. The van der Waals surface area contributed by atoms with E-state index in [2.05, 4.69) is 37.2 Å². The summed E-state index contributed by atoms with van der Waals surface area (Å²) in [5.74, 6) is -3.84. The van der Waals surface area contributed by atoms with Gasteiger partial charge >= 0.3 is 0 Å². The molecule has 0 saturated heterocycles. The molecule has 4 rings (SSSR count). The number of ether oxygens (including phenoxy) is 3. The molecule has 21 heteroatoms. The number of amides is 7. The summed E-state index contributed by atoms with van der Waals surface area (Å²) in [7, 11) is 5.84. The van der Waals surface area contributed by atoms with Crippen LogP contribution >= 0.6 is 0 Å². The fourth-order valence-electron chi connectivity index (χ4n) is 7.41. The summed E-state index contributed by atoms with van der Waals surface area (Å²) in [6.45, 7) is 1.10. The van der Waals surface area contributed by atoms with Gasteiger partial charge in [-0.15, -0.1) is 0 Å². The second-order valence-corrected chi connectivity index (χ2v) is 16.3. The first kappa shape index (κ1) is 55.8. The first-order valence-electron chi connectivity index (χ1n) is 23.3. The van der Waals surface area contributed by atoms with Gasteiger partial charge in [-0.25, -0.2) is 0 Å². The lowest BCUT2D eigenvalue weighted by molar-refractivity contribution is -0.118. The molecule has 4 aromatic carbocycles. The summed E-state index contributed by atoms with van der Waals surface area (Å²) in [4.78, 5) is 94.8. The largest absolute Gasteiger partial charge is 0.496 e. The molecule has 7 amide bonds. The van der Waals surface area contributed by atoms with Crippen LogP contribution in [0.1, 0.15) is 99.2 Å². The molecule has 0 radical (unpaired) electrons. The number of rotatable bonds is 29. The summed E-state index contributed by atoms with van der Waals surface area (Å²) >= 11 is 0. The van der Waals surface area contributed by atoms with E-state index in [0.29, 0.717) is 70.1 Å². The minimum Gasteiger partial charge on any atom is -0.496 e. The van der Waals surface area contributed by atoms with Crippen LogP contribution in [0.4, 0.5) is 22.7 Å². The van der Waals surface area contributed by atoms with Crippen molar-refractivity contribution in [2.24, 2.45) is 22.9 Å². The molecule has 4 aromatic rings. The smallest absolute Gasteiger partial charge is 0.255 e. The maximum absolute atomic E-state index is 14.1. The zero-order chi connectivity index (χ0) is 51.9. The molecule has 0 heterocycles. The predicted molar refractivity (Wildman–Crippen MR) is 272 cm³/mol. The molecule has 382 valence electrons. The maximum atomic E-state index is 14.1. The highest BCUT2D eigenvalue weighted by Gasteiger charge is 2.28. The third kappa shape index (κ3) is 16.7. The van der Waals surface area contributed by atoms with E-state index >= 15 is 0 Å². The average Bonchev–Trinajstić information content (AvgIpc) is 3.37. The fourth-order valence-corrected chi connectivity index (χ4v) is 7.41. The van der Waals surface area contributed by atoms with E-state index in [-0.39, 0.29) is 63.8 Å². The number of nitrogens with two attached hydrogens (primary N) is 4. The van der Waals surface area contributed by atoms with Crippen LogP contribution in [-0.2, 0) is 14.4 Å². The molecule has 0 bridgehead atoms. The molecule has 0 spiro atoms. The van der Waals surface area contributed by atoms with Crippen molar-refractivity contribution in [2.75, 3.05) is 69.3 Å². The van der Waals surface area contributed by atoms with E-state index in [0.717, 1.165) is 5.69 Å². The van der Waals surface area contributed by atoms with Gasteiger partial charge in [0.2, 0.25) is 17.7 Å². The highest BCUT2D eigenvalue weighted by atomic mass is 16.5. The zero-order valence-corrected chi connectivity index (χ0v) is 40.6. The number of hydrogen-bond acceptors (Lipinski definition) is 14. The van der Waals surface area contributed by atoms with Crippen LogP contribution < -0.4 is 74.4 Å². The van der Waals surface area contributed by atoms with Crippen molar-refractivity contribution in [1.82, 2.24) is 16.0 Å². The zero-order valence-electron chi connectivity index (χ0n) is 40.6. The van der Waals surface area contributed by atoms with E-state index < -0.39 is 59.5 Å². The Morgan fingerprint density at radius 1 is 0.465 bits per heavy atom. The third-order valence-corrected chi connectivity index (χ3v) is 11.3. The SMILES string of the molecule is CNc1cccc(C(=O)N[C@@H](CCCCN)C(=O)Nc2ccc(OC)c(C(=O)N[C@@H](CCCCN)C(=O)Nc3ccc(OC)c(C(=O)N[C@@H](CCCCN)C(=O)Nc4ccc(OC)c(C(N)=O)c4)c3)c2)c1. The number of primary amides is 1. The minimum atomic E-state index is -1.12. The fraction of sp³-hybridized carbons (Fsp3) is 0.380. The van der Waals surface area contributed by atoms with Crippen LogP contribution in [0.3, 0.4) is 0 Å². The second kappa shape index (κ2) is 28.7. The number of hydrogen-bond donors (Lipinski definition) is 11. The molecule has 0 unspecified atom stereocenters. The number of nitrogens with one attached hydrogen (secondary N) is 7. The number of methoxy groups -OCH3 is 3. The molecule has 0 aliphatic rings. The van der Waals surface area contributed by atoms with Gasteiger partial charge in [0.1, 0.15) is 35.4 Å². The molecule has 0 aliphatic carbocycles. The molecule has 71 heavy (non-hydrogen) atoms. The van der Waals surface area contributed by atoms with E-state index in [9.17, 15) is 33.6 Å². The first-order valence-corrected chi connectivity index (χ1v) is 23.3. The van der Waals surface area contributed by atoms with Crippen LogP contribution in [0.5, 0.6) is 17.2 Å². The monoisotopic (exact) mass is 982 g/mol. The van der Waals surface area contributed by atoms with E-state index in [1.807, 2.05) is 0 Å². The standard InChI is InChI=1S/C50H67N11O10/c1-55-31-13-11-12-30(26-31)45(63)59-38(14-5-8-23-51)48(66)57-33-18-21-42(70-3)36(28-33)47(65)61-40(16-7-10-25-53)50(68)58-34-19-22-43(71-4)37(29-34)46(64)60-39(15-6-9-24-52)49(67)56-32-17-20-41(69-2)35(27-32)44(54)62/h11-13,17-22,26-29,38-40,55H,5-10,14-16,23-25,51-53H2,1-4H3,(H2,54,62)(H,56,67)(H,57,66)(H,58,68)(H,59,63)(H,60,64)(H,61,65)/t38-,39-,40-/m0/s1. The quantitative estimate of drug-likeness (QED) is 0.0348. The normalized spacial score (nSPS) is 12.0. The Morgan fingerprint density at radius 2 is 0.831 bits per heavy atom. The van der Waals surface area contributed by atoms with Gasteiger partial charge in [0.15, 0.2) is 0 Å². The number of carbonyl (C=O) groups is 7. The molecule has 3 atom stereocenters. The molecule has 0 aromatic heterocycles. The molecule has 21 nitrogen and oxygen atoms in total. The Labute approximate surface area is 413 Å². The Balaban J connectivity index is 1.54. The van der Waals surface area contributed by atoms with Gasteiger partial charge in [0.05, 0.1) is 38.0 Å². The summed E-state index contributed by atoms with van der Waals surface area (Å²) in [6.07, 6.45) is 3.93. The number of benzene rings is 4. The Bertz CT molecular complexity index is 2490. The van der Waals surface area contributed by atoms with Crippen LogP contribution in [0.15, 0.2) is 78.9 Å². The van der Waals surface area contributed by atoms with Crippen molar-refractivity contribution < 1.29 is 47.8 Å². The van der Waals surface area contributed by atoms with E-state index in [4.69, 9.17) is 37.1 Å². The number of carbonyl (C=O) groups excluding carboxylic acids is 7.